The van der Waals surface area contributed by atoms with Crippen molar-refractivity contribution in [3.63, 3.8) is 0 Å². The summed E-state index contributed by atoms with van der Waals surface area (Å²) in [7, 11) is 0. The summed E-state index contributed by atoms with van der Waals surface area (Å²) in [6.07, 6.45) is 0.837. The molecule has 0 atom stereocenters. The average Bonchev–Trinajstić information content (AvgIpc) is 2.78. The molecular formula is C27H28ClNO3. The van der Waals surface area contributed by atoms with Crippen molar-refractivity contribution in [1.82, 2.24) is 0 Å². The molecule has 0 aliphatic rings. The van der Waals surface area contributed by atoms with E-state index in [9.17, 15) is 9.59 Å². The number of hydrogen-bond donors (Lipinski definition) is 1. The van der Waals surface area contributed by atoms with Gasteiger partial charge in [0.1, 0.15) is 5.75 Å². The summed E-state index contributed by atoms with van der Waals surface area (Å²) in [5.74, 6) is 0.415. The molecule has 3 aromatic rings. The second-order valence-electron chi connectivity index (χ2n) is 8.66. The van der Waals surface area contributed by atoms with E-state index in [-0.39, 0.29) is 23.5 Å². The highest BCUT2D eigenvalue weighted by molar-refractivity contribution is 6.31. The highest BCUT2D eigenvalue weighted by Gasteiger charge is 2.16. The fourth-order valence-electron chi connectivity index (χ4n) is 3.24. The first-order valence-electron chi connectivity index (χ1n) is 10.7. The van der Waals surface area contributed by atoms with Gasteiger partial charge in [-0.25, -0.2) is 0 Å². The molecule has 0 saturated carbocycles. The quantitative estimate of drug-likeness (QED) is 0.308. The predicted octanol–water partition coefficient (Wildman–Crippen LogP) is 6.67. The van der Waals surface area contributed by atoms with E-state index in [0.29, 0.717) is 34.9 Å². The number of amides is 1. The standard InChI is InChI=1S/C27H28ClNO3/c1-27(2,3)20-11-14-22(15-12-20)32-17-7-10-25(30)29-24-16-13-21(28)18-23(24)26(31)19-8-5-4-6-9-19/h4-6,8-9,11-16,18H,7,10,17H2,1-3H3,(H,29,30). The van der Waals surface area contributed by atoms with Gasteiger partial charge in [0.2, 0.25) is 5.91 Å². The molecule has 0 bridgehead atoms. The van der Waals surface area contributed by atoms with Crippen molar-refractivity contribution >= 4 is 29.0 Å². The number of ketones is 1. The van der Waals surface area contributed by atoms with Crippen LogP contribution in [-0.2, 0) is 10.2 Å². The first-order valence-corrected chi connectivity index (χ1v) is 11.0. The number of anilines is 1. The summed E-state index contributed by atoms with van der Waals surface area (Å²) >= 11 is 6.10. The average molecular weight is 450 g/mol. The Hall–Kier alpha value is -3.11. The fraction of sp³-hybridized carbons (Fsp3) is 0.259. The van der Waals surface area contributed by atoms with E-state index in [1.54, 1.807) is 42.5 Å². The largest absolute Gasteiger partial charge is 0.494 e. The van der Waals surface area contributed by atoms with E-state index in [4.69, 9.17) is 16.3 Å². The van der Waals surface area contributed by atoms with Gasteiger partial charge in [0.05, 0.1) is 12.3 Å². The second kappa shape index (κ2) is 10.5. The van der Waals surface area contributed by atoms with Crippen LogP contribution in [0.4, 0.5) is 5.69 Å². The van der Waals surface area contributed by atoms with Crippen molar-refractivity contribution in [3.8, 4) is 5.75 Å². The summed E-state index contributed by atoms with van der Waals surface area (Å²) in [4.78, 5) is 25.3. The molecule has 0 aliphatic heterocycles. The Balaban J connectivity index is 1.55. The molecule has 0 spiro atoms. The van der Waals surface area contributed by atoms with Crippen molar-refractivity contribution in [1.29, 1.82) is 0 Å². The van der Waals surface area contributed by atoms with Crippen LogP contribution in [0.2, 0.25) is 5.02 Å². The lowest BCUT2D eigenvalue weighted by Crippen LogP contribution is -2.16. The van der Waals surface area contributed by atoms with Crippen molar-refractivity contribution in [2.75, 3.05) is 11.9 Å². The lowest BCUT2D eigenvalue weighted by atomic mass is 9.87. The Bertz CT molecular complexity index is 1070. The molecule has 0 radical (unpaired) electrons. The lowest BCUT2D eigenvalue weighted by Gasteiger charge is -2.19. The van der Waals surface area contributed by atoms with Crippen LogP contribution in [0.15, 0.2) is 72.8 Å². The van der Waals surface area contributed by atoms with Crippen LogP contribution in [0, 0.1) is 0 Å². The van der Waals surface area contributed by atoms with Crippen LogP contribution < -0.4 is 10.1 Å². The van der Waals surface area contributed by atoms with Crippen LogP contribution >= 0.6 is 11.6 Å². The van der Waals surface area contributed by atoms with Crippen LogP contribution in [0.5, 0.6) is 5.75 Å². The van der Waals surface area contributed by atoms with Crippen molar-refractivity contribution in [3.05, 3.63) is 94.5 Å². The summed E-state index contributed by atoms with van der Waals surface area (Å²) in [6.45, 7) is 6.93. The summed E-state index contributed by atoms with van der Waals surface area (Å²) < 4.78 is 5.76. The number of halogens is 1. The van der Waals surface area contributed by atoms with Gasteiger partial charge >= 0.3 is 0 Å². The van der Waals surface area contributed by atoms with E-state index < -0.39 is 0 Å². The van der Waals surface area contributed by atoms with Gasteiger partial charge in [-0.15, -0.1) is 0 Å². The molecule has 0 aliphatic carbocycles. The molecule has 166 valence electrons. The van der Waals surface area contributed by atoms with Crippen LogP contribution in [0.25, 0.3) is 0 Å². The highest BCUT2D eigenvalue weighted by Crippen LogP contribution is 2.25. The van der Waals surface area contributed by atoms with Crippen molar-refractivity contribution < 1.29 is 14.3 Å². The molecule has 3 aromatic carbocycles. The van der Waals surface area contributed by atoms with E-state index in [2.05, 4.69) is 38.2 Å². The summed E-state index contributed by atoms with van der Waals surface area (Å²) in [5, 5.41) is 3.28. The molecule has 0 saturated heterocycles. The molecule has 0 unspecified atom stereocenters. The van der Waals surface area contributed by atoms with Crippen molar-refractivity contribution in [2.45, 2.75) is 39.0 Å². The lowest BCUT2D eigenvalue weighted by molar-refractivity contribution is -0.116. The van der Waals surface area contributed by atoms with E-state index in [0.717, 1.165) is 5.75 Å². The summed E-state index contributed by atoms with van der Waals surface area (Å²) in [5.41, 5.74) is 2.70. The minimum Gasteiger partial charge on any atom is -0.494 e. The van der Waals surface area contributed by atoms with Gasteiger partial charge < -0.3 is 10.1 Å². The van der Waals surface area contributed by atoms with E-state index >= 15 is 0 Å². The van der Waals surface area contributed by atoms with Crippen LogP contribution in [0.3, 0.4) is 0 Å². The Morgan fingerprint density at radius 3 is 2.28 bits per heavy atom. The van der Waals surface area contributed by atoms with Gasteiger partial charge in [-0.1, -0.05) is 74.8 Å². The van der Waals surface area contributed by atoms with Gasteiger partial charge in [0, 0.05) is 22.6 Å². The molecule has 1 amide bonds. The molecule has 5 heteroatoms. The van der Waals surface area contributed by atoms with E-state index in [1.165, 1.54) is 5.56 Å². The highest BCUT2D eigenvalue weighted by atomic mass is 35.5. The first-order chi connectivity index (χ1) is 15.2. The Kier molecular flexibility index (Phi) is 7.70. The number of rotatable bonds is 8. The maximum atomic E-state index is 12.9. The minimum absolute atomic E-state index is 0.0963. The third-order valence-corrected chi connectivity index (χ3v) is 5.31. The normalized spacial score (nSPS) is 11.1. The Morgan fingerprint density at radius 1 is 0.938 bits per heavy atom. The maximum absolute atomic E-state index is 12.9. The topological polar surface area (TPSA) is 55.4 Å². The van der Waals surface area contributed by atoms with Gasteiger partial charge in [0.25, 0.3) is 0 Å². The van der Waals surface area contributed by atoms with Gasteiger partial charge in [-0.3, -0.25) is 9.59 Å². The number of nitrogens with one attached hydrogen (secondary N) is 1. The second-order valence-corrected chi connectivity index (χ2v) is 9.10. The predicted molar refractivity (Wildman–Crippen MR) is 130 cm³/mol. The fourth-order valence-corrected chi connectivity index (χ4v) is 3.42. The smallest absolute Gasteiger partial charge is 0.224 e. The van der Waals surface area contributed by atoms with Gasteiger partial charge in [-0.2, -0.15) is 0 Å². The summed E-state index contributed by atoms with van der Waals surface area (Å²) in [6, 6.07) is 21.8. The SMILES string of the molecule is CC(C)(C)c1ccc(OCCCC(=O)Nc2ccc(Cl)cc2C(=O)c2ccccc2)cc1. The minimum atomic E-state index is -0.189. The zero-order chi connectivity index (χ0) is 23.1. The number of carbonyl (C=O) groups is 2. The van der Waals surface area contributed by atoms with Crippen LogP contribution in [-0.4, -0.2) is 18.3 Å². The van der Waals surface area contributed by atoms with Crippen molar-refractivity contribution in [2.24, 2.45) is 0 Å². The third kappa shape index (κ3) is 6.44. The molecule has 0 heterocycles. The Labute approximate surface area is 194 Å². The van der Waals surface area contributed by atoms with Crippen LogP contribution in [0.1, 0.15) is 55.1 Å². The third-order valence-electron chi connectivity index (χ3n) is 5.07. The van der Waals surface area contributed by atoms with E-state index in [1.807, 2.05) is 18.2 Å². The molecule has 1 N–H and O–H groups in total. The van der Waals surface area contributed by atoms with Gasteiger partial charge in [-0.05, 0) is 47.7 Å². The molecular weight excluding hydrogens is 422 g/mol. The Morgan fingerprint density at radius 2 is 1.62 bits per heavy atom. The molecule has 3 rings (SSSR count). The molecule has 4 nitrogen and oxygen atoms in total. The number of carbonyl (C=O) groups excluding carboxylic acids is 2. The number of benzene rings is 3. The number of hydrogen-bond acceptors (Lipinski definition) is 3. The molecule has 0 fully saturated rings. The monoisotopic (exact) mass is 449 g/mol. The number of ether oxygens (including phenoxy) is 1. The zero-order valence-electron chi connectivity index (χ0n) is 18.7. The zero-order valence-corrected chi connectivity index (χ0v) is 19.4. The molecule has 0 aromatic heterocycles. The first kappa shape index (κ1) is 23.6. The maximum Gasteiger partial charge on any atom is 0.224 e. The molecule has 32 heavy (non-hydrogen) atoms. The van der Waals surface area contributed by atoms with Gasteiger partial charge in [0.15, 0.2) is 5.78 Å².